The Morgan fingerprint density at radius 3 is 2.31 bits per heavy atom. The van der Waals surface area contributed by atoms with Gasteiger partial charge in [0.05, 0.1) is 16.7 Å². The van der Waals surface area contributed by atoms with Crippen LogP contribution in [0.3, 0.4) is 0 Å². The first-order valence-corrected chi connectivity index (χ1v) is 12.3. The zero-order chi connectivity index (χ0) is 23.1. The predicted octanol–water partition coefficient (Wildman–Crippen LogP) is 4.75. The van der Waals surface area contributed by atoms with Gasteiger partial charge in [0.2, 0.25) is 5.91 Å². The van der Waals surface area contributed by atoms with Gasteiger partial charge in [-0.25, -0.2) is 8.42 Å². The fourth-order valence-electron chi connectivity index (χ4n) is 3.01. The van der Waals surface area contributed by atoms with Gasteiger partial charge in [-0.15, -0.1) is 0 Å². The van der Waals surface area contributed by atoms with Gasteiger partial charge in [0.1, 0.15) is 12.3 Å². The molecule has 0 atom stereocenters. The van der Waals surface area contributed by atoms with Crippen LogP contribution in [0.25, 0.3) is 0 Å². The first kappa shape index (κ1) is 23.8. The smallest absolute Gasteiger partial charge is 0.264 e. The molecule has 168 valence electrons. The molecule has 0 saturated heterocycles. The minimum Gasteiger partial charge on any atom is -0.491 e. The summed E-state index contributed by atoms with van der Waals surface area (Å²) in [6.45, 7) is 3.84. The van der Waals surface area contributed by atoms with E-state index in [2.05, 4.69) is 21.2 Å². The Morgan fingerprint density at radius 1 is 1.00 bits per heavy atom. The number of hydrogen-bond donors (Lipinski definition) is 1. The number of carbonyl (C=O) groups excluding carboxylic acids is 1. The molecule has 1 amide bonds. The van der Waals surface area contributed by atoms with Crippen molar-refractivity contribution in [1.82, 2.24) is 5.32 Å². The van der Waals surface area contributed by atoms with E-state index in [1.165, 1.54) is 12.1 Å². The largest absolute Gasteiger partial charge is 0.491 e. The standard InChI is InChI=1S/C24H25BrN2O4S/c1-18(2)31-22-13-11-19(12-14-22)16-26-24(28)17-27(21-8-6-7-20(25)15-21)32(29,30)23-9-4-3-5-10-23/h3-15,18H,16-17H2,1-2H3,(H,26,28). The van der Waals surface area contributed by atoms with Gasteiger partial charge in [-0.2, -0.15) is 0 Å². The van der Waals surface area contributed by atoms with Crippen LogP contribution in [0, 0.1) is 0 Å². The summed E-state index contributed by atoms with van der Waals surface area (Å²) in [5.74, 6) is 0.344. The van der Waals surface area contributed by atoms with Crippen LogP contribution in [0.4, 0.5) is 5.69 Å². The lowest BCUT2D eigenvalue weighted by molar-refractivity contribution is -0.119. The van der Waals surface area contributed by atoms with Gasteiger partial charge in [0, 0.05) is 11.0 Å². The number of anilines is 1. The van der Waals surface area contributed by atoms with Crippen LogP contribution in [0.15, 0.2) is 88.2 Å². The number of benzene rings is 3. The Balaban J connectivity index is 1.75. The summed E-state index contributed by atoms with van der Waals surface area (Å²) in [4.78, 5) is 12.8. The maximum Gasteiger partial charge on any atom is 0.264 e. The third kappa shape index (κ3) is 6.34. The average molecular weight is 517 g/mol. The van der Waals surface area contributed by atoms with E-state index in [1.54, 1.807) is 42.5 Å². The number of rotatable bonds is 9. The molecule has 3 rings (SSSR count). The van der Waals surface area contributed by atoms with Gasteiger partial charge in [-0.3, -0.25) is 9.10 Å². The second-order valence-electron chi connectivity index (χ2n) is 7.39. The SMILES string of the molecule is CC(C)Oc1ccc(CNC(=O)CN(c2cccc(Br)c2)S(=O)(=O)c2ccccc2)cc1. The summed E-state index contributed by atoms with van der Waals surface area (Å²) in [7, 11) is -3.93. The van der Waals surface area contributed by atoms with Crippen molar-refractivity contribution in [3.63, 3.8) is 0 Å². The summed E-state index contributed by atoms with van der Waals surface area (Å²) < 4.78 is 34.0. The summed E-state index contributed by atoms with van der Waals surface area (Å²) in [5, 5.41) is 2.80. The number of ether oxygens (including phenoxy) is 1. The topological polar surface area (TPSA) is 75.7 Å². The van der Waals surface area contributed by atoms with Crippen LogP contribution in [0.1, 0.15) is 19.4 Å². The number of amides is 1. The zero-order valence-corrected chi connectivity index (χ0v) is 20.3. The molecule has 0 bridgehead atoms. The Hall–Kier alpha value is -2.84. The number of nitrogens with one attached hydrogen (secondary N) is 1. The summed E-state index contributed by atoms with van der Waals surface area (Å²) >= 11 is 3.37. The van der Waals surface area contributed by atoms with Crippen molar-refractivity contribution < 1.29 is 17.9 Å². The average Bonchev–Trinajstić information content (AvgIpc) is 2.77. The highest BCUT2D eigenvalue weighted by molar-refractivity contribution is 9.10. The first-order chi connectivity index (χ1) is 15.3. The molecule has 0 fully saturated rings. The Bertz CT molecular complexity index is 1150. The number of carbonyl (C=O) groups is 1. The second kappa shape index (κ2) is 10.7. The van der Waals surface area contributed by atoms with Gasteiger partial charge in [-0.1, -0.05) is 52.3 Å². The Kier molecular flexibility index (Phi) is 7.93. The minimum absolute atomic E-state index is 0.0797. The number of sulfonamides is 1. The fourth-order valence-corrected chi connectivity index (χ4v) is 4.83. The van der Waals surface area contributed by atoms with Crippen molar-refractivity contribution in [3.05, 3.63) is 88.9 Å². The molecule has 1 N–H and O–H groups in total. The first-order valence-electron chi connectivity index (χ1n) is 10.1. The Morgan fingerprint density at radius 2 is 1.69 bits per heavy atom. The molecule has 0 aliphatic carbocycles. The highest BCUT2D eigenvalue weighted by atomic mass is 79.9. The number of hydrogen-bond acceptors (Lipinski definition) is 4. The normalized spacial score (nSPS) is 11.2. The van der Waals surface area contributed by atoms with Crippen LogP contribution in [-0.4, -0.2) is 27.0 Å². The van der Waals surface area contributed by atoms with E-state index in [0.29, 0.717) is 10.2 Å². The molecule has 0 heterocycles. The van der Waals surface area contributed by atoms with Crippen LogP contribution in [0.5, 0.6) is 5.75 Å². The molecule has 0 aliphatic heterocycles. The highest BCUT2D eigenvalue weighted by Crippen LogP contribution is 2.26. The monoisotopic (exact) mass is 516 g/mol. The van der Waals surface area contributed by atoms with Gasteiger partial charge < -0.3 is 10.1 Å². The molecule has 0 radical (unpaired) electrons. The summed E-state index contributed by atoms with van der Waals surface area (Å²) in [6, 6.07) is 22.3. The third-order valence-electron chi connectivity index (χ3n) is 4.50. The maximum absolute atomic E-state index is 13.3. The lowest BCUT2D eigenvalue weighted by Gasteiger charge is -2.24. The van der Waals surface area contributed by atoms with Crippen molar-refractivity contribution in [1.29, 1.82) is 0 Å². The van der Waals surface area contributed by atoms with Gasteiger partial charge in [0.15, 0.2) is 0 Å². The van der Waals surface area contributed by atoms with Crippen molar-refractivity contribution in [2.24, 2.45) is 0 Å². The second-order valence-corrected chi connectivity index (χ2v) is 10.2. The third-order valence-corrected chi connectivity index (χ3v) is 6.78. The van der Waals surface area contributed by atoms with Crippen LogP contribution >= 0.6 is 15.9 Å². The summed E-state index contributed by atoms with van der Waals surface area (Å²) in [6.07, 6.45) is 0.0797. The predicted molar refractivity (Wildman–Crippen MR) is 129 cm³/mol. The zero-order valence-electron chi connectivity index (χ0n) is 17.9. The van der Waals surface area contributed by atoms with E-state index in [9.17, 15) is 13.2 Å². The van der Waals surface area contributed by atoms with Crippen LogP contribution in [-0.2, 0) is 21.4 Å². The maximum atomic E-state index is 13.3. The number of halogens is 1. The fraction of sp³-hybridized carbons (Fsp3) is 0.208. The lowest BCUT2D eigenvalue weighted by Crippen LogP contribution is -2.40. The highest BCUT2D eigenvalue weighted by Gasteiger charge is 2.27. The number of nitrogens with zero attached hydrogens (tertiary/aromatic N) is 1. The molecular formula is C24H25BrN2O4S. The van der Waals surface area contributed by atoms with Crippen LogP contribution < -0.4 is 14.4 Å². The molecule has 0 saturated carbocycles. The van der Waals surface area contributed by atoms with Crippen molar-refractivity contribution in [3.8, 4) is 5.75 Å². The van der Waals surface area contributed by atoms with Crippen molar-refractivity contribution in [2.75, 3.05) is 10.8 Å². The van der Waals surface area contributed by atoms with E-state index < -0.39 is 15.9 Å². The van der Waals surface area contributed by atoms with Crippen molar-refractivity contribution in [2.45, 2.75) is 31.4 Å². The molecule has 8 heteroatoms. The molecule has 0 aromatic heterocycles. The molecule has 0 spiro atoms. The van der Waals surface area contributed by atoms with E-state index in [4.69, 9.17) is 4.74 Å². The molecule has 32 heavy (non-hydrogen) atoms. The molecule has 3 aromatic rings. The molecular weight excluding hydrogens is 492 g/mol. The molecule has 3 aromatic carbocycles. The molecule has 0 unspecified atom stereocenters. The molecule has 0 aliphatic rings. The lowest BCUT2D eigenvalue weighted by atomic mass is 10.2. The Labute approximate surface area is 197 Å². The summed E-state index contributed by atoms with van der Waals surface area (Å²) in [5.41, 5.74) is 1.28. The van der Waals surface area contributed by atoms with Crippen LogP contribution in [0.2, 0.25) is 0 Å². The van der Waals surface area contributed by atoms with E-state index in [-0.39, 0.29) is 24.1 Å². The quantitative estimate of drug-likeness (QED) is 0.445. The molecule has 6 nitrogen and oxygen atoms in total. The van der Waals surface area contributed by atoms with E-state index >= 15 is 0 Å². The van der Waals surface area contributed by atoms with Gasteiger partial charge in [0.25, 0.3) is 10.0 Å². The minimum atomic E-state index is -3.93. The van der Waals surface area contributed by atoms with E-state index in [1.807, 2.05) is 38.1 Å². The van der Waals surface area contributed by atoms with E-state index in [0.717, 1.165) is 15.6 Å². The van der Waals surface area contributed by atoms with Gasteiger partial charge in [-0.05, 0) is 61.9 Å². The van der Waals surface area contributed by atoms with Crippen molar-refractivity contribution >= 4 is 37.5 Å². The van der Waals surface area contributed by atoms with Gasteiger partial charge >= 0.3 is 0 Å².